The first-order valence-corrected chi connectivity index (χ1v) is 16.0. The molecule has 3 unspecified atom stereocenters. The predicted molar refractivity (Wildman–Crippen MR) is 174 cm³/mol. The number of aldehydes is 1. The van der Waals surface area contributed by atoms with Crippen molar-refractivity contribution in [2.24, 2.45) is 16.5 Å². The van der Waals surface area contributed by atoms with Gasteiger partial charge < -0.3 is 37.1 Å². The number of aryl methyl sites for hydroxylation is 1. The number of nitrogens with zero attached hydrogens (tertiary/aromatic N) is 2. The van der Waals surface area contributed by atoms with E-state index >= 15 is 0 Å². The smallest absolute Gasteiger partial charge is 0.246 e. The zero-order valence-corrected chi connectivity index (χ0v) is 26.1. The van der Waals surface area contributed by atoms with Crippen LogP contribution < -0.4 is 27.4 Å². The van der Waals surface area contributed by atoms with Crippen molar-refractivity contribution in [1.29, 1.82) is 0 Å². The van der Waals surface area contributed by atoms with E-state index in [1.165, 1.54) is 0 Å². The molecule has 0 spiro atoms. The molecule has 0 radical (unpaired) electrons. The van der Waals surface area contributed by atoms with E-state index in [4.69, 9.17) is 11.5 Å². The molecule has 12 heteroatoms. The standard InChI is InChI=1S/C34H45N7O5/c35-34(36)37-20-7-12-27(31(44)38-25(19-21-42)14-13-23-8-3-1-4-9-23)40-32(45)29-18-16-26-15-17-28(33(46)41(26)29)39-30(43)22-24-10-5-2-6-11-24/h1-6,8-11,21,25-29H,7,12-20,22H2,(H,38,44)(H,39,43)(H,40,45)(H4,35,36,37)/t25?,26-,27-,28?,29?/m0/s1. The molecule has 0 bridgehead atoms. The lowest BCUT2D eigenvalue weighted by Gasteiger charge is -2.38. The summed E-state index contributed by atoms with van der Waals surface area (Å²) in [5.74, 6) is -1.44. The van der Waals surface area contributed by atoms with Gasteiger partial charge in [0.25, 0.3) is 0 Å². The quantitative estimate of drug-likeness (QED) is 0.0794. The zero-order chi connectivity index (χ0) is 32.9. The van der Waals surface area contributed by atoms with Gasteiger partial charge >= 0.3 is 0 Å². The first kappa shape index (κ1) is 34.1. The maximum Gasteiger partial charge on any atom is 0.246 e. The van der Waals surface area contributed by atoms with E-state index in [2.05, 4.69) is 20.9 Å². The fourth-order valence-corrected chi connectivity index (χ4v) is 6.27. The molecule has 2 heterocycles. The lowest BCUT2D eigenvalue weighted by Crippen LogP contribution is -2.60. The number of amides is 4. The summed E-state index contributed by atoms with van der Waals surface area (Å²) in [4.78, 5) is 70.6. The summed E-state index contributed by atoms with van der Waals surface area (Å²) in [6, 6.07) is 16.2. The highest BCUT2D eigenvalue weighted by Gasteiger charge is 2.46. The second kappa shape index (κ2) is 17.1. The molecule has 0 aliphatic carbocycles. The summed E-state index contributed by atoms with van der Waals surface area (Å²) in [5, 5.41) is 8.69. The Morgan fingerprint density at radius 3 is 2.26 bits per heavy atom. The molecule has 4 rings (SSSR count). The van der Waals surface area contributed by atoms with E-state index < -0.39 is 36.0 Å². The van der Waals surface area contributed by atoms with Crippen LogP contribution >= 0.6 is 0 Å². The Morgan fingerprint density at radius 2 is 1.59 bits per heavy atom. The highest BCUT2D eigenvalue weighted by Crippen LogP contribution is 2.33. The minimum absolute atomic E-state index is 0.0666. The summed E-state index contributed by atoms with van der Waals surface area (Å²) in [6.45, 7) is 0.272. The first-order chi connectivity index (χ1) is 22.2. The second-order valence-corrected chi connectivity index (χ2v) is 12.0. The van der Waals surface area contributed by atoms with Crippen LogP contribution in [-0.4, -0.2) is 77.5 Å². The molecule has 5 atom stereocenters. The van der Waals surface area contributed by atoms with Gasteiger partial charge in [0.2, 0.25) is 23.6 Å². The maximum absolute atomic E-state index is 13.7. The Morgan fingerprint density at radius 1 is 0.913 bits per heavy atom. The molecular formula is C34H45N7O5. The average Bonchev–Trinajstić information content (AvgIpc) is 3.49. The summed E-state index contributed by atoms with van der Waals surface area (Å²) in [7, 11) is 0. The highest BCUT2D eigenvalue weighted by atomic mass is 16.2. The van der Waals surface area contributed by atoms with Crippen LogP contribution in [0.1, 0.15) is 62.5 Å². The van der Waals surface area contributed by atoms with Crippen LogP contribution in [0.3, 0.4) is 0 Å². The summed E-state index contributed by atoms with van der Waals surface area (Å²) >= 11 is 0. The number of piperidine rings is 1. The van der Waals surface area contributed by atoms with Crippen molar-refractivity contribution in [3.05, 3.63) is 71.8 Å². The number of hydrogen-bond donors (Lipinski definition) is 5. The number of nitrogens with two attached hydrogens (primary N) is 2. The van der Waals surface area contributed by atoms with E-state index in [1.54, 1.807) is 4.90 Å². The van der Waals surface area contributed by atoms with Crippen molar-refractivity contribution in [3.63, 3.8) is 0 Å². The van der Waals surface area contributed by atoms with Crippen molar-refractivity contribution in [2.45, 2.75) is 94.4 Å². The fourth-order valence-electron chi connectivity index (χ4n) is 6.27. The van der Waals surface area contributed by atoms with Crippen LogP contribution in [-0.2, 0) is 36.8 Å². The minimum Gasteiger partial charge on any atom is -0.370 e. The topological polar surface area (TPSA) is 189 Å². The van der Waals surface area contributed by atoms with Gasteiger partial charge in [-0.05, 0) is 62.5 Å². The molecule has 7 N–H and O–H groups in total. The van der Waals surface area contributed by atoms with E-state index in [0.29, 0.717) is 44.9 Å². The third-order valence-corrected chi connectivity index (χ3v) is 8.62. The van der Waals surface area contributed by atoms with Gasteiger partial charge in [0.1, 0.15) is 24.4 Å². The summed E-state index contributed by atoms with van der Waals surface area (Å²) in [5.41, 5.74) is 12.8. The lowest BCUT2D eigenvalue weighted by molar-refractivity contribution is -0.146. The van der Waals surface area contributed by atoms with E-state index in [1.807, 2.05) is 60.7 Å². The largest absolute Gasteiger partial charge is 0.370 e. The van der Waals surface area contributed by atoms with Crippen LogP contribution in [0.4, 0.5) is 0 Å². The number of rotatable bonds is 16. The van der Waals surface area contributed by atoms with Gasteiger partial charge in [0, 0.05) is 25.0 Å². The normalized spacial score (nSPS) is 20.1. The number of fused-ring (bicyclic) bond motifs is 1. The monoisotopic (exact) mass is 631 g/mol. The Kier molecular flexibility index (Phi) is 12.7. The maximum atomic E-state index is 13.7. The van der Waals surface area contributed by atoms with E-state index in [0.717, 1.165) is 17.4 Å². The molecule has 46 heavy (non-hydrogen) atoms. The number of aliphatic imine (C=N–C) groups is 1. The molecule has 0 saturated carbocycles. The minimum atomic E-state index is -0.923. The van der Waals surface area contributed by atoms with Gasteiger partial charge in [-0.25, -0.2) is 0 Å². The van der Waals surface area contributed by atoms with Crippen molar-refractivity contribution in [3.8, 4) is 0 Å². The molecule has 0 aromatic heterocycles. The van der Waals surface area contributed by atoms with Crippen LogP contribution in [0, 0.1) is 0 Å². The van der Waals surface area contributed by atoms with E-state index in [9.17, 15) is 24.0 Å². The molecule has 2 fully saturated rings. The van der Waals surface area contributed by atoms with Gasteiger partial charge in [0.05, 0.1) is 6.42 Å². The molecule has 2 aliphatic heterocycles. The van der Waals surface area contributed by atoms with Crippen LogP contribution in [0.5, 0.6) is 0 Å². The number of guanidine groups is 1. The Hall–Kier alpha value is -4.74. The molecule has 246 valence electrons. The molecule has 2 aromatic rings. The second-order valence-electron chi connectivity index (χ2n) is 12.0. The van der Waals surface area contributed by atoms with Gasteiger partial charge in [-0.1, -0.05) is 60.7 Å². The Balaban J connectivity index is 1.40. The molecule has 12 nitrogen and oxygen atoms in total. The number of hydrogen-bond acceptors (Lipinski definition) is 6. The van der Waals surface area contributed by atoms with Crippen molar-refractivity contribution in [1.82, 2.24) is 20.9 Å². The van der Waals surface area contributed by atoms with Crippen molar-refractivity contribution >= 4 is 35.9 Å². The SMILES string of the molecule is NC(N)=NCCC[C@H](NC(=O)C1CC[C@@H]2CCC(NC(=O)Cc3ccccc3)C(=O)N12)C(=O)NC(CC=O)CCc1ccccc1. The molecule has 2 saturated heterocycles. The third-order valence-electron chi connectivity index (χ3n) is 8.62. The Labute approximate surface area is 269 Å². The van der Waals surface area contributed by atoms with Gasteiger partial charge in [0.15, 0.2) is 5.96 Å². The van der Waals surface area contributed by atoms with E-state index in [-0.39, 0.29) is 49.6 Å². The average molecular weight is 632 g/mol. The predicted octanol–water partition coefficient (Wildman–Crippen LogP) is 1.11. The van der Waals surface area contributed by atoms with Crippen LogP contribution in [0.2, 0.25) is 0 Å². The number of nitrogens with one attached hydrogen (secondary N) is 3. The highest BCUT2D eigenvalue weighted by molar-refractivity contribution is 5.95. The molecule has 4 amide bonds. The third kappa shape index (κ3) is 9.88. The molecule has 2 aromatic carbocycles. The number of carbonyl (C=O) groups is 5. The summed E-state index contributed by atoms with van der Waals surface area (Å²) in [6.07, 6.45) is 5.26. The van der Waals surface area contributed by atoms with Gasteiger partial charge in [-0.3, -0.25) is 24.2 Å². The number of benzene rings is 2. The Bertz CT molecular complexity index is 1370. The number of carbonyl (C=O) groups excluding carboxylic acids is 5. The lowest BCUT2D eigenvalue weighted by atomic mass is 9.97. The zero-order valence-electron chi connectivity index (χ0n) is 26.1. The molecule has 2 aliphatic rings. The van der Waals surface area contributed by atoms with Crippen LogP contribution in [0.25, 0.3) is 0 Å². The van der Waals surface area contributed by atoms with Crippen molar-refractivity contribution < 1.29 is 24.0 Å². The fraction of sp³-hybridized carbons (Fsp3) is 0.471. The molecular weight excluding hydrogens is 586 g/mol. The van der Waals surface area contributed by atoms with Gasteiger partial charge in [-0.15, -0.1) is 0 Å². The van der Waals surface area contributed by atoms with Crippen LogP contribution in [0.15, 0.2) is 65.7 Å². The first-order valence-electron chi connectivity index (χ1n) is 16.0. The van der Waals surface area contributed by atoms with Crippen molar-refractivity contribution in [2.75, 3.05) is 6.54 Å². The summed E-state index contributed by atoms with van der Waals surface area (Å²) < 4.78 is 0. The van der Waals surface area contributed by atoms with Gasteiger partial charge in [-0.2, -0.15) is 0 Å².